The van der Waals surface area contributed by atoms with E-state index in [2.05, 4.69) is 10.5 Å². The third-order valence-corrected chi connectivity index (χ3v) is 0.688. The third kappa shape index (κ3) is 7.43. The van der Waals surface area contributed by atoms with Crippen LogP contribution >= 0.6 is 0 Å². The maximum atomic E-state index is 8.30. The van der Waals surface area contributed by atoms with Gasteiger partial charge in [-0.1, -0.05) is 13.8 Å². The Labute approximate surface area is 55.8 Å². The van der Waals surface area contributed by atoms with E-state index in [4.69, 9.17) is 5.11 Å². The fraction of sp³-hybridized carbons (Fsp3) is 0.833. The summed E-state index contributed by atoms with van der Waals surface area (Å²) < 4.78 is 0. The van der Waals surface area contributed by atoms with Crippen LogP contribution in [0.3, 0.4) is 0 Å². The van der Waals surface area contributed by atoms with E-state index in [0.29, 0.717) is 12.5 Å². The Morgan fingerprint density at radius 2 is 2.33 bits per heavy atom. The smallest absolute Gasteiger partial charge is 0.0620 e. The number of hydrogen-bond acceptors (Lipinski definition) is 3. The van der Waals surface area contributed by atoms with Gasteiger partial charge in [-0.25, -0.2) is 0 Å². The van der Waals surface area contributed by atoms with E-state index < -0.39 is 0 Å². The van der Waals surface area contributed by atoms with Gasteiger partial charge in [0.05, 0.1) is 13.2 Å². The van der Waals surface area contributed by atoms with Crippen molar-refractivity contribution in [2.24, 2.45) is 11.0 Å². The fourth-order valence-corrected chi connectivity index (χ4v) is 0.316. The maximum Gasteiger partial charge on any atom is 0.0620 e. The van der Waals surface area contributed by atoms with Crippen LogP contribution < -0.4 is 5.43 Å². The highest BCUT2D eigenvalue weighted by molar-refractivity contribution is 5.58. The Morgan fingerprint density at radius 1 is 1.67 bits per heavy atom. The molecule has 9 heavy (non-hydrogen) atoms. The van der Waals surface area contributed by atoms with Crippen molar-refractivity contribution in [2.75, 3.05) is 13.2 Å². The number of hydrogen-bond donors (Lipinski definition) is 2. The lowest BCUT2D eigenvalue weighted by atomic mass is 10.3. The minimum absolute atomic E-state index is 0.134. The van der Waals surface area contributed by atoms with E-state index in [9.17, 15) is 0 Å². The van der Waals surface area contributed by atoms with Gasteiger partial charge in [-0.15, -0.1) is 0 Å². The molecule has 0 aromatic rings. The summed E-state index contributed by atoms with van der Waals surface area (Å²) in [6.45, 7) is 4.76. The standard InChI is InChI=1S/C6H14N2O/c1-6(2)5-8-7-3-4-9/h5-7,9H,3-4H2,1-2H3. The maximum absolute atomic E-state index is 8.30. The summed E-state index contributed by atoms with van der Waals surface area (Å²) in [5, 5.41) is 12.1. The summed E-state index contributed by atoms with van der Waals surface area (Å²) >= 11 is 0. The van der Waals surface area contributed by atoms with Crippen LogP contribution in [0.1, 0.15) is 13.8 Å². The van der Waals surface area contributed by atoms with Gasteiger partial charge in [-0.3, -0.25) is 0 Å². The Morgan fingerprint density at radius 3 is 2.78 bits per heavy atom. The number of rotatable bonds is 4. The Balaban J connectivity index is 3.04. The molecule has 54 valence electrons. The number of nitrogens with zero attached hydrogens (tertiary/aromatic N) is 1. The monoisotopic (exact) mass is 130 g/mol. The van der Waals surface area contributed by atoms with E-state index in [0.717, 1.165) is 0 Å². The Bertz CT molecular complexity index is 81.1. The van der Waals surface area contributed by atoms with E-state index in [-0.39, 0.29) is 6.61 Å². The third-order valence-electron chi connectivity index (χ3n) is 0.688. The predicted octanol–water partition coefficient (Wildman–Crippen LogP) is 0.210. The molecule has 0 saturated heterocycles. The van der Waals surface area contributed by atoms with E-state index in [1.54, 1.807) is 6.21 Å². The van der Waals surface area contributed by atoms with Crippen LogP contribution in [0.25, 0.3) is 0 Å². The van der Waals surface area contributed by atoms with Crippen LogP contribution in [-0.2, 0) is 0 Å². The molecule has 0 aliphatic heterocycles. The first-order valence-electron chi connectivity index (χ1n) is 3.14. The van der Waals surface area contributed by atoms with Gasteiger partial charge in [-0.2, -0.15) is 5.10 Å². The van der Waals surface area contributed by atoms with Gasteiger partial charge in [0.25, 0.3) is 0 Å². The summed E-state index contributed by atoms with van der Waals surface area (Å²) in [4.78, 5) is 0. The normalized spacial score (nSPS) is 11.1. The van der Waals surface area contributed by atoms with Gasteiger partial charge in [0.15, 0.2) is 0 Å². The van der Waals surface area contributed by atoms with Gasteiger partial charge in [0.1, 0.15) is 0 Å². The minimum Gasteiger partial charge on any atom is -0.394 e. The van der Waals surface area contributed by atoms with Crippen LogP contribution in [0.5, 0.6) is 0 Å². The van der Waals surface area contributed by atoms with Crippen molar-refractivity contribution < 1.29 is 5.11 Å². The van der Waals surface area contributed by atoms with Gasteiger partial charge < -0.3 is 10.5 Å². The zero-order valence-corrected chi connectivity index (χ0v) is 5.96. The highest BCUT2D eigenvalue weighted by atomic mass is 16.3. The second-order valence-corrected chi connectivity index (χ2v) is 2.15. The number of aliphatic hydroxyl groups is 1. The first kappa shape index (κ1) is 8.43. The van der Waals surface area contributed by atoms with E-state index in [1.165, 1.54) is 0 Å². The van der Waals surface area contributed by atoms with Crippen LogP contribution in [-0.4, -0.2) is 24.5 Å². The SMILES string of the molecule is CC(C)C=NNCCO. The van der Waals surface area contributed by atoms with Crippen molar-refractivity contribution >= 4 is 6.21 Å². The molecule has 0 unspecified atom stereocenters. The minimum atomic E-state index is 0.134. The molecule has 2 N–H and O–H groups in total. The van der Waals surface area contributed by atoms with Gasteiger partial charge in [-0.05, 0) is 5.92 Å². The highest BCUT2D eigenvalue weighted by Gasteiger charge is 1.82. The molecule has 0 heterocycles. The Kier molecular flexibility index (Phi) is 5.21. The number of nitrogens with one attached hydrogen (secondary N) is 1. The van der Waals surface area contributed by atoms with Crippen molar-refractivity contribution in [3.63, 3.8) is 0 Å². The molecule has 0 atom stereocenters. The van der Waals surface area contributed by atoms with Crippen LogP contribution in [0.2, 0.25) is 0 Å². The van der Waals surface area contributed by atoms with Crippen molar-refractivity contribution in [2.45, 2.75) is 13.8 Å². The van der Waals surface area contributed by atoms with Gasteiger partial charge >= 0.3 is 0 Å². The molecule has 0 spiro atoms. The zero-order chi connectivity index (χ0) is 7.11. The summed E-state index contributed by atoms with van der Waals surface area (Å²) in [6.07, 6.45) is 1.80. The van der Waals surface area contributed by atoms with Crippen molar-refractivity contribution in [1.82, 2.24) is 5.43 Å². The largest absolute Gasteiger partial charge is 0.394 e. The molecule has 0 fully saturated rings. The topological polar surface area (TPSA) is 44.6 Å². The molecule has 0 radical (unpaired) electrons. The second-order valence-electron chi connectivity index (χ2n) is 2.15. The molecular weight excluding hydrogens is 116 g/mol. The molecule has 0 aromatic carbocycles. The first-order chi connectivity index (χ1) is 4.27. The molecular formula is C6H14N2O. The summed E-state index contributed by atoms with van der Waals surface area (Å²) in [6, 6.07) is 0. The summed E-state index contributed by atoms with van der Waals surface area (Å²) in [5.41, 5.74) is 2.69. The van der Waals surface area contributed by atoms with Crippen LogP contribution in [0, 0.1) is 5.92 Å². The molecule has 3 nitrogen and oxygen atoms in total. The van der Waals surface area contributed by atoms with Gasteiger partial charge in [0, 0.05) is 6.21 Å². The molecule has 0 bridgehead atoms. The zero-order valence-electron chi connectivity index (χ0n) is 5.96. The van der Waals surface area contributed by atoms with Crippen molar-refractivity contribution in [1.29, 1.82) is 0 Å². The average Bonchev–Trinajstić information content (AvgIpc) is 1.80. The first-order valence-corrected chi connectivity index (χ1v) is 3.14. The quantitative estimate of drug-likeness (QED) is 0.324. The molecule has 0 aromatic heterocycles. The molecule has 0 rings (SSSR count). The van der Waals surface area contributed by atoms with Crippen molar-refractivity contribution in [3.8, 4) is 0 Å². The molecule has 0 amide bonds. The number of aliphatic hydroxyl groups excluding tert-OH is 1. The van der Waals surface area contributed by atoms with Crippen LogP contribution in [0.4, 0.5) is 0 Å². The van der Waals surface area contributed by atoms with E-state index >= 15 is 0 Å². The lowest BCUT2D eigenvalue weighted by Crippen LogP contribution is -2.11. The second kappa shape index (κ2) is 5.56. The lowest BCUT2D eigenvalue weighted by Gasteiger charge is -1.95. The summed E-state index contributed by atoms with van der Waals surface area (Å²) in [7, 11) is 0. The van der Waals surface area contributed by atoms with E-state index in [1.807, 2.05) is 13.8 Å². The lowest BCUT2D eigenvalue weighted by molar-refractivity contribution is 0.293. The van der Waals surface area contributed by atoms with Crippen LogP contribution in [0.15, 0.2) is 5.10 Å². The Hall–Kier alpha value is -0.570. The molecule has 3 heteroatoms. The van der Waals surface area contributed by atoms with Crippen molar-refractivity contribution in [3.05, 3.63) is 0 Å². The average molecular weight is 130 g/mol. The predicted molar refractivity (Wildman–Crippen MR) is 38.4 cm³/mol. The fourth-order valence-electron chi connectivity index (χ4n) is 0.316. The molecule has 0 aliphatic rings. The molecule has 0 aliphatic carbocycles. The number of hydrazone groups is 1. The summed E-state index contributed by atoms with van der Waals surface area (Å²) in [5.74, 6) is 0.469. The molecule has 0 saturated carbocycles. The van der Waals surface area contributed by atoms with Gasteiger partial charge in [0.2, 0.25) is 0 Å². The highest BCUT2D eigenvalue weighted by Crippen LogP contribution is 1.82.